The summed E-state index contributed by atoms with van der Waals surface area (Å²) in [6, 6.07) is 19.5. The Morgan fingerprint density at radius 1 is 1.05 bits per heavy atom. The van der Waals surface area contributed by atoms with Gasteiger partial charge in [0.25, 0.3) is 11.5 Å². The van der Waals surface area contributed by atoms with Gasteiger partial charge in [-0.15, -0.1) is 0 Å². The molecule has 1 amide bonds. The van der Waals surface area contributed by atoms with E-state index in [0.29, 0.717) is 38.4 Å². The molecule has 3 heterocycles. The van der Waals surface area contributed by atoms with Crippen molar-refractivity contribution in [1.82, 2.24) is 14.3 Å². The number of methoxy groups -OCH3 is 1. The first-order chi connectivity index (χ1) is 18.3. The fraction of sp³-hybridized carbons (Fsp3) is 0.172. The Morgan fingerprint density at radius 3 is 2.50 bits per heavy atom. The number of aryl methyl sites for hydroxylation is 2. The number of amides is 1. The molecule has 2 aromatic carbocycles. The number of thioether (sulfide) groups is 1. The molecule has 192 valence electrons. The van der Waals surface area contributed by atoms with Gasteiger partial charge in [0.05, 0.1) is 17.6 Å². The Labute approximate surface area is 234 Å². The third-order valence-corrected chi connectivity index (χ3v) is 8.61. The maximum absolute atomic E-state index is 13.7. The van der Waals surface area contributed by atoms with Crippen LogP contribution in [0.3, 0.4) is 0 Å². The number of carbonyl (C=O) groups excluding carboxylic acids is 1. The number of thiocarbonyl (C=S) groups is 1. The zero-order valence-electron chi connectivity index (χ0n) is 21.1. The summed E-state index contributed by atoms with van der Waals surface area (Å²) in [5.74, 6) is 0.584. The van der Waals surface area contributed by atoms with E-state index in [1.165, 1.54) is 27.9 Å². The molecule has 1 fully saturated rings. The van der Waals surface area contributed by atoms with Crippen molar-refractivity contribution >= 4 is 57.7 Å². The van der Waals surface area contributed by atoms with Crippen molar-refractivity contribution < 1.29 is 9.53 Å². The highest BCUT2D eigenvalue weighted by Crippen LogP contribution is 2.35. The van der Waals surface area contributed by atoms with Crippen LogP contribution in [0, 0.1) is 13.8 Å². The monoisotopic (exact) mass is 559 g/mol. The first-order valence-electron chi connectivity index (χ1n) is 12.0. The molecule has 1 saturated heterocycles. The topological polar surface area (TPSA) is 63.9 Å². The normalized spacial score (nSPS) is 14.6. The van der Waals surface area contributed by atoms with E-state index in [1.54, 1.807) is 24.3 Å². The van der Waals surface area contributed by atoms with Crippen LogP contribution < -0.4 is 10.3 Å². The van der Waals surface area contributed by atoms with Crippen molar-refractivity contribution in [3.8, 4) is 5.75 Å². The Bertz CT molecular complexity index is 1630. The standard InChI is InChI=1S/C29H25N3O3S3/c1-18-6-12-22(13-7-18)37-26-23(27(33)31-15-4-5-19(2)25(31)30-26)17-24-28(34)32(29(36)38-24)16-14-20-8-10-21(35-3)11-9-20/h4-13,15,17H,14,16H2,1-3H3/b24-17+. The second-order valence-corrected chi connectivity index (χ2v) is 11.6. The lowest BCUT2D eigenvalue weighted by Gasteiger charge is -2.14. The number of rotatable bonds is 7. The number of carbonyl (C=O) groups is 1. The molecule has 0 radical (unpaired) electrons. The molecule has 0 bridgehead atoms. The summed E-state index contributed by atoms with van der Waals surface area (Å²) in [6.45, 7) is 4.41. The molecule has 0 aliphatic carbocycles. The summed E-state index contributed by atoms with van der Waals surface area (Å²) in [4.78, 5) is 34.9. The lowest BCUT2D eigenvalue weighted by Crippen LogP contribution is -2.30. The van der Waals surface area contributed by atoms with Gasteiger partial charge < -0.3 is 4.74 Å². The minimum absolute atomic E-state index is 0.200. The number of hydrogen-bond donors (Lipinski definition) is 0. The van der Waals surface area contributed by atoms with Crippen LogP contribution >= 0.6 is 35.7 Å². The highest BCUT2D eigenvalue weighted by Gasteiger charge is 2.32. The number of aromatic nitrogens is 2. The maximum Gasteiger partial charge on any atom is 0.266 e. The molecule has 0 N–H and O–H groups in total. The average molecular weight is 560 g/mol. The molecule has 1 aliphatic heterocycles. The molecule has 6 nitrogen and oxygen atoms in total. The van der Waals surface area contributed by atoms with E-state index < -0.39 is 0 Å². The number of nitrogens with zero attached hydrogens (tertiary/aromatic N) is 3. The van der Waals surface area contributed by atoms with Crippen molar-refractivity contribution in [2.75, 3.05) is 13.7 Å². The summed E-state index contributed by atoms with van der Waals surface area (Å²) in [5, 5.41) is 0.552. The number of hydrogen-bond acceptors (Lipinski definition) is 7. The van der Waals surface area contributed by atoms with Gasteiger partial charge in [-0.05, 0) is 67.8 Å². The van der Waals surface area contributed by atoms with Crippen LogP contribution in [0.4, 0.5) is 0 Å². The summed E-state index contributed by atoms with van der Waals surface area (Å²) in [6.07, 6.45) is 4.00. The van der Waals surface area contributed by atoms with Gasteiger partial charge >= 0.3 is 0 Å². The smallest absolute Gasteiger partial charge is 0.266 e. The molecule has 0 unspecified atom stereocenters. The van der Waals surface area contributed by atoms with E-state index in [4.69, 9.17) is 21.9 Å². The lowest BCUT2D eigenvalue weighted by atomic mass is 10.1. The van der Waals surface area contributed by atoms with Crippen molar-refractivity contribution in [3.05, 3.63) is 104 Å². The van der Waals surface area contributed by atoms with Gasteiger partial charge in [0.2, 0.25) is 0 Å². The second-order valence-electron chi connectivity index (χ2n) is 8.87. The third kappa shape index (κ3) is 5.41. The Balaban J connectivity index is 1.48. The average Bonchev–Trinajstić information content (AvgIpc) is 3.19. The molecular weight excluding hydrogens is 535 g/mol. The van der Waals surface area contributed by atoms with Crippen LogP contribution in [0.5, 0.6) is 5.75 Å². The quantitative estimate of drug-likeness (QED) is 0.158. The van der Waals surface area contributed by atoms with E-state index in [9.17, 15) is 9.59 Å². The predicted octanol–water partition coefficient (Wildman–Crippen LogP) is 5.92. The molecule has 1 aliphatic rings. The van der Waals surface area contributed by atoms with Crippen LogP contribution in [0.1, 0.15) is 22.3 Å². The molecule has 0 saturated carbocycles. The third-order valence-electron chi connectivity index (χ3n) is 6.22. The Kier molecular flexibility index (Phi) is 7.69. The summed E-state index contributed by atoms with van der Waals surface area (Å²) in [7, 11) is 1.63. The number of fused-ring (bicyclic) bond motifs is 1. The predicted molar refractivity (Wildman–Crippen MR) is 158 cm³/mol. The van der Waals surface area contributed by atoms with Crippen molar-refractivity contribution in [1.29, 1.82) is 0 Å². The molecule has 0 atom stereocenters. The highest BCUT2D eigenvalue weighted by molar-refractivity contribution is 8.26. The zero-order valence-corrected chi connectivity index (χ0v) is 23.6. The SMILES string of the molecule is COc1ccc(CCN2C(=O)/C(=C\c3c(Sc4ccc(C)cc4)nc4c(C)cccn4c3=O)SC2=S)cc1. The van der Waals surface area contributed by atoms with Crippen molar-refractivity contribution in [2.45, 2.75) is 30.2 Å². The number of ether oxygens (including phenoxy) is 1. The molecule has 4 aromatic rings. The molecular formula is C29H25N3O3S3. The van der Waals surface area contributed by atoms with Gasteiger partial charge in [-0.3, -0.25) is 18.9 Å². The minimum atomic E-state index is -0.225. The van der Waals surface area contributed by atoms with Gasteiger partial charge in [0.1, 0.15) is 20.7 Å². The van der Waals surface area contributed by atoms with E-state index >= 15 is 0 Å². The van der Waals surface area contributed by atoms with Crippen LogP contribution in [0.2, 0.25) is 0 Å². The van der Waals surface area contributed by atoms with E-state index in [-0.39, 0.29) is 11.5 Å². The van der Waals surface area contributed by atoms with Gasteiger partial charge in [0, 0.05) is 17.6 Å². The minimum Gasteiger partial charge on any atom is -0.497 e. The van der Waals surface area contributed by atoms with Crippen LogP contribution in [0.15, 0.2) is 86.5 Å². The summed E-state index contributed by atoms with van der Waals surface area (Å²) in [5.41, 5.74) is 3.86. The van der Waals surface area contributed by atoms with Crippen LogP contribution in [0.25, 0.3) is 11.7 Å². The van der Waals surface area contributed by atoms with Crippen molar-refractivity contribution in [2.24, 2.45) is 0 Å². The highest BCUT2D eigenvalue weighted by atomic mass is 32.2. The maximum atomic E-state index is 13.7. The van der Waals surface area contributed by atoms with Gasteiger partial charge in [-0.25, -0.2) is 4.98 Å². The van der Waals surface area contributed by atoms with Gasteiger partial charge in [-0.2, -0.15) is 0 Å². The molecule has 2 aromatic heterocycles. The fourth-order valence-electron chi connectivity index (χ4n) is 4.07. The van der Waals surface area contributed by atoms with E-state index in [1.807, 2.05) is 74.5 Å². The van der Waals surface area contributed by atoms with Gasteiger partial charge in [-0.1, -0.05) is 71.6 Å². The first-order valence-corrected chi connectivity index (χ1v) is 14.0. The molecule has 38 heavy (non-hydrogen) atoms. The number of benzene rings is 2. The summed E-state index contributed by atoms with van der Waals surface area (Å²) >= 11 is 8.17. The molecule has 9 heteroatoms. The van der Waals surface area contributed by atoms with Crippen LogP contribution in [-0.4, -0.2) is 38.2 Å². The second kappa shape index (κ2) is 11.1. The Morgan fingerprint density at radius 2 is 1.79 bits per heavy atom. The zero-order chi connectivity index (χ0) is 26.8. The van der Waals surface area contributed by atoms with Crippen LogP contribution in [-0.2, 0) is 11.2 Å². The largest absolute Gasteiger partial charge is 0.497 e. The Hall–Kier alpha value is -3.40. The fourth-order valence-corrected chi connectivity index (χ4v) is 6.24. The lowest BCUT2D eigenvalue weighted by molar-refractivity contribution is -0.122. The van der Waals surface area contributed by atoms with E-state index in [2.05, 4.69) is 0 Å². The first kappa shape index (κ1) is 26.2. The molecule has 5 rings (SSSR count). The van der Waals surface area contributed by atoms with Crippen molar-refractivity contribution in [3.63, 3.8) is 0 Å². The van der Waals surface area contributed by atoms with Gasteiger partial charge in [0.15, 0.2) is 0 Å². The molecule has 0 spiro atoms. The summed E-state index contributed by atoms with van der Waals surface area (Å²) < 4.78 is 7.23. The van der Waals surface area contributed by atoms with E-state index in [0.717, 1.165) is 27.3 Å². The number of pyridine rings is 1.